The Morgan fingerprint density at radius 2 is 1.86 bits per heavy atom. The number of aryl methyl sites for hydroxylation is 1. The van der Waals surface area contributed by atoms with Crippen LogP contribution in [0, 0.1) is 22.0 Å². The van der Waals surface area contributed by atoms with Gasteiger partial charge in [0.05, 0.1) is 31.5 Å². The molecule has 10 nitrogen and oxygen atoms in total. The fraction of sp³-hybridized carbons (Fsp3) is 0.667. The summed E-state index contributed by atoms with van der Waals surface area (Å²) >= 11 is 0. The van der Waals surface area contributed by atoms with Crippen LogP contribution in [0.25, 0.3) is 0 Å². The van der Waals surface area contributed by atoms with E-state index in [0.717, 1.165) is 12.8 Å². The standard InChI is InChI=1S/C27H42N2O8/c30-22(13-12-21-8-4-3-5-9-21)14-15-24-23(25(31)20-26(24)32)10-6-1-2-7-11-27(33)28-16-17-36-18-19-37-29(34)35/h1,3-6,8-9,22-26,30-32H,2,7,10-20H2,(H,28,33)/b6-1-/t22-,23+,24+,25-,26+/m0/s1. The zero-order valence-electron chi connectivity index (χ0n) is 21.5. The lowest BCUT2D eigenvalue weighted by atomic mass is 9.85. The van der Waals surface area contributed by atoms with Crippen LogP contribution in [-0.2, 0) is 20.8 Å². The molecule has 1 saturated carbocycles. The average Bonchev–Trinajstić information content (AvgIpc) is 3.15. The van der Waals surface area contributed by atoms with Crippen molar-refractivity contribution in [3.8, 4) is 0 Å². The molecule has 1 amide bonds. The number of benzene rings is 1. The molecule has 0 unspecified atom stereocenters. The van der Waals surface area contributed by atoms with Crippen LogP contribution in [0.2, 0.25) is 0 Å². The first kappa shape index (κ1) is 30.7. The monoisotopic (exact) mass is 522 g/mol. The molecule has 1 aliphatic rings. The van der Waals surface area contributed by atoms with Gasteiger partial charge in [-0.25, -0.2) is 0 Å². The number of aliphatic hydroxyl groups is 3. The fourth-order valence-corrected chi connectivity index (χ4v) is 4.79. The van der Waals surface area contributed by atoms with Crippen molar-refractivity contribution >= 4 is 5.91 Å². The molecule has 0 saturated heterocycles. The van der Waals surface area contributed by atoms with E-state index >= 15 is 0 Å². The van der Waals surface area contributed by atoms with E-state index in [2.05, 4.69) is 22.3 Å². The van der Waals surface area contributed by atoms with Crippen LogP contribution in [0.1, 0.15) is 56.9 Å². The maximum Gasteiger partial charge on any atom is 0.294 e. The highest BCUT2D eigenvalue weighted by Gasteiger charge is 2.40. The Labute approximate surface area is 218 Å². The quantitative estimate of drug-likeness (QED) is 0.0937. The van der Waals surface area contributed by atoms with E-state index in [1.54, 1.807) is 0 Å². The van der Waals surface area contributed by atoms with Gasteiger partial charge in [-0.3, -0.25) is 4.79 Å². The molecule has 0 aromatic heterocycles. The maximum absolute atomic E-state index is 11.9. The van der Waals surface area contributed by atoms with Crippen molar-refractivity contribution in [1.29, 1.82) is 0 Å². The summed E-state index contributed by atoms with van der Waals surface area (Å²) < 4.78 is 5.12. The third-order valence-corrected chi connectivity index (χ3v) is 6.81. The van der Waals surface area contributed by atoms with Crippen molar-refractivity contribution < 1.29 is 34.8 Å². The van der Waals surface area contributed by atoms with Gasteiger partial charge in [-0.05, 0) is 68.8 Å². The van der Waals surface area contributed by atoms with Crippen LogP contribution in [0.3, 0.4) is 0 Å². The van der Waals surface area contributed by atoms with Gasteiger partial charge in [-0.15, -0.1) is 10.1 Å². The van der Waals surface area contributed by atoms with E-state index in [-0.39, 0.29) is 37.6 Å². The SMILES string of the molecule is O=C(CCC/C=C\C[C@@H]1[C@@H](CC[C@@H](O)CCc2ccccc2)[C@H](O)C[C@@H]1O)NCCOCCO[N+](=O)[O-]. The number of carbonyl (C=O) groups excluding carboxylic acids is 1. The summed E-state index contributed by atoms with van der Waals surface area (Å²) in [5.74, 6) is -0.157. The van der Waals surface area contributed by atoms with Crippen molar-refractivity contribution in [1.82, 2.24) is 5.32 Å². The summed E-state index contributed by atoms with van der Waals surface area (Å²) in [4.78, 5) is 26.0. The van der Waals surface area contributed by atoms with Gasteiger partial charge in [0, 0.05) is 13.0 Å². The van der Waals surface area contributed by atoms with Crippen LogP contribution >= 0.6 is 0 Å². The third-order valence-electron chi connectivity index (χ3n) is 6.81. The van der Waals surface area contributed by atoms with Gasteiger partial charge in [0.2, 0.25) is 5.91 Å². The van der Waals surface area contributed by atoms with Gasteiger partial charge >= 0.3 is 0 Å². The van der Waals surface area contributed by atoms with Crippen molar-refractivity contribution in [2.24, 2.45) is 11.8 Å². The molecular formula is C27H42N2O8. The second-order valence-corrected chi connectivity index (χ2v) is 9.57. The van der Waals surface area contributed by atoms with Gasteiger partial charge in [-0.1, -0.05) is 42.5 Å². The lowest BCUT2D eigenvalue weighted by Crippen LogP contribution is -2.27. The Morgan fingerprint density at radius 1 is 1.11 bits per heavy atom. The summed E-state index contributed by atoms with van der Waals surface area (Å²) in [5, 5.41) is 43.2. The molecule has 1 aromatic rings. The Morgan fingerprint density at radius 3 is 2.62 bits per heavy atom. The Balaban J connectivity index is 1.57. The summed E-state index contributed by atoms with van der Waals surface area (Å²) in [6, 6.07) is 10.1. The molecule has 10 heteroatoms. The van der Waals surface area contributed by atoms with Gasteiger partial charge < -0.3 is 30.2 Å². The number of hydrogen-bond acceptors (Lipinski definition) is 8. The highest BCUT2D eigenvalue weighted by atomic mass is 17.0. The summed E-state index contributed by atoms with van der Waals surface area (Å²) in [6.07, 6.45) is 8.10. The molecule has 1 aromatic carbocycles. The van der Waals surface area contributed by atoms with E-state index in [1.807, 2.05) is 30.4 Å². The Bertz CT molecular complexity index is 807. The zero-order valence-corrected chi connectivity index (χ0v) is 21.5. The van der Waals surface area contributed by atoms with Gasteiger partial charge in [0.25, 0.3) is 5.09 Å². The van der Waals surface area contributed by atoms with Gasteiger partial charge in [0.1, 0.15) is 6.61 Å². The second kappa shape index (κ2) is 17.8. The number of amides is 1. The number of rotatable bonds is 19. The van der Waals surface area contributed by atoms with Crippen LogP contribution in [0.5, 0.6) is 0 Å². The predicted molar refractivity (Wildman–Crippen MR) is 138 cm³/mol. The lowest BCUT2D eigenvalue weighted by molar-refractivity contribution is -0.758. The maximum atomic E-state index is 11.9. The van der Waals surface area contributed by atoms with Crippen LogP contribution in [0.15, 0.2) is 42.5 Å². The van der Waals surface area contributed by atoms with E-state index in [0.29, 0.717) is 51.5 Å². The largest absolute Gasteiger partial charge is 0.393 e. The van der Waals surface area contributed by atoms with Crippen molar-refractivity contribution in [3.05, 3.63) is 58.2 Å². The summed E-state index contributed by atoms with van der Waals surface area (Å²) in [7, 11) is 0. The number of ether oxygens (including phenoxy) is 1. The minimum atomic E-state index is -0.877. The minimum Gasteiger partial charge on any atom is -0.393 e. The Hall–Kier alpha value is -2.53. The van der Waals surface area contributed by atoms with Crippen molar-refractivity contribution in [3.63, 3.8) is 0 Å². The molecule has 1 fully saturated rings. The van der Waals surface area contributed by atoms with E-state index < -0.39 is 23.4 Å². The minimum absolute atomic E-state index is 0.0355. The van der Waals surface area contributed by atoms with Gasteiger partial charge in [0.15, 0.2) is 0 Å². The first-order valence-corrected chi connectivity index (χ1v) is 13.2. The number of hydrogen-bond donors (Lipinski definition) is 4. The molecular weight excluding hydrogens is 480 g/mol. The zero-order chi connectivity index (χ0) is 26.9. The normalized spacial score (nSPS) is 22.2. The van der Waals surface area contributed by atoms with E-state index in [4.69, 9.17) is 4.74 Å². The number of nitrogens with zero attached hydrogens (tertiary/aromatic N) is 1. The molecule has 4 N–H and O–H groups in total. The van der Waals surface area contributed by atoms with E-state index in [9.17, 15) is 30.2 Å². The number of carbonyl (C=O) groups is 1. The summed E-state index contributed by atoms with van der Waals surface area (Å²) in [5.41, 5.74) is 1.20. The van der Waals surface area contributed by atoms with Crippen LogP contribution in [-0.4, -0.2) is 71.0 Å². The summed E-state index contributed by atoms with van der Waals surface area (Å²) in [6.45, 7) is 0.538. The first-order chi connectivity index (χ1) is 17.9. The molecule has 0 heterocycles. The number of allylic oxidation sites excluding steroid dienone is 2. The number of nitrogens with one attached hydrogen (secondary N) is 1. The molecule has 0 radical (unpaired) electrons. The molecule has 208 valence electrons. The molecule has 37 heavy (non-hydrogen) atoms. The third kappa shape index (κ3) is 13.0. The Kier molecular flexibility index (Phi) is 14.8. The molecule has 5 atom stereocenters. The first-order valence-electron chi connectivity index (χ1n) is 13.2. The lowest BCUT2D eigenvalue weighted by Gasteiger charge is -2.23. The van der Waals surface area contributed by atoms with Crippen LogP contribution < -0.4 is 5.32 Å². The molecule has 0 bridgehead atoms. The topological polar surface area (TPSA) is 151 Å². The van der Waals surface area contributed by atoms with E-state index in [1.165, 1.54) is 5.56 Å². The van der Waals surface area contributed by atoms with Gasteiger partial charge in [-0.2, -0.15) is 0 Å². The molecule has 2 rings (SSSR count). The fourth-order valence-electron chi connectivity index (χ4n) is 4.79. The molecule has 1 aliphatic carbocycles. The predicted octanol–water partition coefficient (Wildman–Crippen LogP) is 2.58. The van der Waals surface area contributed by atoms with Crippen molar-refractivity contribution in [2.75, 3.05) is 26.4 Å². The number of aliphatic hydroxyl groups excluding tert-OH is 3. The van der Waals surface area contributed by atoms with Crippen LogP contribution in [0.4, 0.5) is 0 Å². The molecule has 0 aliphatic heterocycles. The average molecular weight is 523 g/mol. The molecule has 0 spiro atoms. The number of unbranched alkanes of at least 4 members (excludes halogenated alkanes) is 1. The van der Waals surface area contributed by atoms with Crippen molar-refractivity contribution in [2.45, 2.75) is 76.1 Å². The highest BCUT2D eigenvalue weighted by molar-refractivity contribution is 5.75. The smallest absolute Gasteiger partial charge is 0.294 e. The second-order valence-electron chi connectivity index (χ2n) is 9.57. The highest BCUT2D eigenvalue weighted by Crippen LogP contribution is 2.38.